The number of aromatic nitrogens is 2. The van der Waals surface area contributed by atoms with Gasteiger partial charge in [0, 0.05) is 12.5 Å². The molecule has 1 N–H and O–H groups in total. The van der Waals surface area contributed by atoms with Gasteiger partial charge in [-0.05, 0) is 37.5 Å². The van der Waals surface area contributed by atoms with Gasteiger partial charge in [-0.1, -0.05) is 20.8 Å². The van der Waals surface area contributed by atoms with Gasteiger partial charge in [-0.25, -0.2) is 9.78 Å². The molecule has 20 heavy (non-hydrogen) atoms. The molecule has 0 aliphatic heterocycles. The Hall–Kier alpha value is -1.84. The fraction of sp³-hybridized carbons (Fsp3) is 0.500. The third-order valence-corrected chi connectivity index (χ3v) is 3.86. The van der Waals surface area contributed by atoms with E-state index in [9.17, 15) is 4.79 Å². The molecule has 0 bridgehead atoms. The Balaban J connectivity index is 2.63. The number of rotatable bonds is 5. The number of fused-ring (bicyclic) bond motifs is 1. The van der Waals surface area contributed by atoms with Gasteiger partial charge < -0.3 is 9.67 Å². The van der Waals surface area contributed by atoms with Crippen LogP contribution in [0.1, 0.15) is 56.3 Å². The molecule has 0 amide bonds. The van der Waals surface area contributed by atoms with Crippen LogP contribution in [0.15, 0.2) is 18.2 Å². The number of benzene rings is 1. The number of carbonyl (C=O) groups is 1. The fourth-order valence-electron chi connectivity index (χ4n) is 2.43. The molecule has 1 unspecified atom stereocenters. The van der Waals surface area contributed by atoms with E-state index >= 15 is 0 Å². The highest BCUT2D eigenvalue weighted by molar-refractivity contribution is 5.92. The second-order valence-corrected chi connectivity index (χ2v) is 5.64. The molecule has 0 saturated carbocycles. The summed E-state index contributed by atoms with van der Waals surface area (Å²) in [6.07, 6.45) is 1.94. The summed E-state index contributed by atoms with van der Waals surface area (Å²) < 4.78 is 2.26. The van der Waals surface area contributed by atoms with Gasteiger partial charge in [0.25, 0.3) is 0 Å². The van der Waals surface area contributed by atoms with Crippen molar-refractivity contribution in [2.75, 3.05) is 0 Å². The maximum atomic E-state index is 11.1. The van der Waals surface area contributed by atoms with Crippen molar-refractivity contribution in [3.8, 4) is 0 Å². The first kappa shape index (κ1) is 14.6. The summed E-state index contributed by atoms with van der Waals surface area (Å²) in [7, 11) is 0. The Labute approximate surface area is 119 Å². The van der Waals surface area contributed by atoms with Crippen LogP contribution in [-0.4, -0.2) is 20.6 Å². The Morgan fingerprint density at radius 1 is 1.35 bits per heavy atom. The zero-order chi connectivity index (χ0) is 14.9. The maximum Gasteiger partial charge on any atom is 0.335 e. The Morgan fingerprint density at radius 3 is 2.60 bits per heavy atom. The molecule has 1 aromatic carbocycles. The van der Waals surface area contributed by atoms with Crippen LogP contribution in [-0.2, 0) is 6.42 Å². The van der Waals surface area contributed by atoms with E-state index in [2.05, 4.69) is 37.2 Å². The van der Waals surface area contributed by atoms with Crippen molar-refractivity contribution < 1.29 is 9.90 Å². The first-order valence-electron chi connectivity index (χ1n) is 7.19. The quantitative estimate of drug-likeness (QED) is 0.899. The van der Waals surface area contributed by atoms with E-state index in [-0.39, 0.29) is 0 Å². The van der Waals surface area contributed by atoms with Crippen LogP contribution in [0, 0.1) is 5.92 Å². The number of hydrogen-bond donors (Lipinski definition) is 1. The molecule has 0 spiro atoms. The molecule has 0 radical (unpaired) electrons. The van der Waals surface area contributed by atoms with Gasteiger partial charge in [-0.2, -0.15) is 0 Å². The average Bonchev–Trinajstić information content (AvgIpc) is 2.74. The summed E-state index contributed by atoms with van der Waals surface area (Å²) in [5.41, 5.74) is 2.10. The van der Waals surface area contributed by atoms with Gasteiger partial charge in [0.05, 0.1) is 16.6 Å². The van der Waals surface area contributed by atoms with Crippen molar-refractivity contribution in [3.05, 3.63) is 29.6 Å². The largest absolute Gasteiger partial charge is 0.478 e. The smallest absolute Gasteiger partial charge is 0.335 e. The predicted octanol–water partition coefficient (Wildman–Crippen LogP) is 3.90. The molecule has 1 aromatic heterocycles. The topological polar surface area (TPSA) is 55.1 Å². The Morgan fingerprint density at radius 2 is 2.05 bits per heavy atom. The van der Waals surface area contributed by atoms with E-state index in [0.29, 0.717) is 17.5 Å². The average molecular weight is 274 g/mol. The van der Waals surface area contributed by atoms with Crippen molar-refractivity contribution in [2.24, 2.45) is 5.92 Å². The minimum atomic E-state index is -0.907. The van der Waals surface area contributed by atoms with E-state index < -0.39 is 5.97 Å². The monoisotopic (exact) mass is 274 g/mol. The van der Waals surface area contributed by atoms with Gasteiger partial charge >= 0.3 is 5.97 Å². The van der Waals surface area contributed by atoms with Crippen molar-refractivity contribution in [1.82, 2.24) is 9.55 Å². The molecule has 0 fully saturated rings. The zero-order valence-corrected chi connectivity index (χ0v) is 12.6. The number of nitrogens with zero attached hydrogens (tertiary/aromatic N) is 2. The van der Waals surface area contributed by atoms with Crippen LogP contribution in [0.3, 0.4) is 0 Å². The van der Waals surface area contributed by atoms with E-state index in [1.807, 2.05) is 6.07 Å². The van der Waals surface area contributed by atoms with Crippen molar-refractivity contribution in [3.63, 3.8) is 0 Å². The minimum absolute atomic E-state index is 0.294. The zero-order valence-electron chi connectivity index (χ0n) is 12.6. The normalized spacial score (nSPS) is 13.1. The number of aromatic carboxylic acids is 1. The molecule has 0 aliphatic rings. The summed E-state index contributed by atoms with van der Waals surface area (Å²) in [6.45, 7) is 8.71. The predicted molar refractivity (Wildman–Crippen MR) is 80.2 cm³/mol. The van der Waals surface area contributed by atoms with Gasteiger partial charge in [-0.15, -0.1) is 0 Å². The molecule has 1 atom stereocenters. The van der Waals surface area contributed by atoms with Gasteiger partial charge in [0.1, 0.15) is 5.82 Å². The Bertz CT molecular complexity index is 629. The first-order chi connectivity index (χ1) is 9.45. The molecule has 2 aromatic rings. The highest BCUT2D eigenvalue weighted by Crippen LogP contribution is 2.27. The highest BCUT2D eigenvalue weighted by Gasteiger charge is 2.18. The molecule has 1 heterocycles. The number of aryl methyl sites for hydroxylation is 1. The number of imidazole rings is 1. The first-order valence-corrected chi connectivity index (χ1v) is 7.19. The van der Waals surface area contributed by atoms with Crippen molar-refractivity contribution in [2.45, 2.75) is 46.6 Å². The summed E-state index contributed by atoms with van der Waals surface area (Å²) in [5, 5.41) is 9.09. The van der Waals surface area contributed by atoms with E-state index in [4.69, 9.17) is 5.11 Å². The maximum absolute atomic E-state index is 11.1. The molecule has 4 heteroatoms. The Kier molecular flexibility index (Phi) is 4.12. The number of hydrogen-bond acceptors (Lipinski definition) is 2. The lowest BCUT2D eigenvalue weighted by atomic mass is 10.1. The SMILES string of the molecule is CCCc1nc2cc(C(=O)O)ccc2n1C(C)C(C)C. The van der Waals surface area contributed by atoms with Crippen molar-refractivity contribution >= 4 is 17.0 Å². The molecule has 108 valence electrons. The molecule has 4 nitrogen and oxygen atoms in total. The molecule has 0 saturated heterocycles. The van der Waals surface area contributed by atoms with Gasteiger partial charge in [0.15, 0.2) is 0 Å². The van der Waals surface area contributed by atoms with E-state index in [0.717, 1.165) is 29.7 Å². The van der Waals surface area contributed by atoms with Crippen molar-refractivity contribution in [1.29, 1.82) is 0 Å². The van der Waals surface area contributed by atoms with E-state index in [1.54, 1.807) is 12.1 Å². The van der Waals surface area contributed by atoms with Crippen LogP contribution in [0.5, 0.6) is 0 Å². The second-order valence-electron chi connectivity index (χ2n) is 5.64. The number of carboxylic acids is 1. The highest BCUT2D eigenvalue weighted by atomic mass is 16.4. The third-order valence-electron chi connectivity index (χ3n) is 3.86. The van der Waals surface area contributed by atoms with Crippen LogP contribution >= 0.6 is 0 Å². The summed E-state index contributed by atoms with van der Waals surface area (Å²) in [4.78, 5) is 15.7. The van der Waals surface area contributed by atoms with Crippen LogP contribution in [0.25, 0.3) is 11.0 Å². The summed E-state index contributed by atoms with van der Waals surface area (Å²) in [5.74, 6) is 0.642. The lowest BCUT2D eigenvalue weighted by Crippen LogP contribution is -2.14. The summed E-state index contributed by atoms with van der Waals surface area (Å²) in [6, 6.07) is 5.55. The summed E-state index contributed by atoms with van der Waals surface area (Å²) >= 11 is 0. The van der Waals surface area contributed by atoms with Crippen LogP contribution in [0.2, 0.25) is 0 Å². The molecule has 2 rings (SSSR count). The van der Waals surface area contributed by atoms with E-state index in [1.165, 1.54) is 0 Å². The lowest BCUT2D eigenvalue weighted by molar-refractivity contribution is 0.0697. The second kappa shape index (κ2) is 5.65. The molecular formula is C16H22N2O2. The minimum Gasteiger partial charge on any atom is -0.478 e. The standard InChI is InChI=1S/C16H22N2O2/c1-5-6-15-17-13-9-12(16(19)20)7-8-14(13)18(15)11(4)10(2)3/h7-11H,5-6H2,1-4H3,(H,19,20). The van der Waals surface area contributed by atoms with Crippen LogP contribution < -0.4 is 0 Å². The lowest BCUT2D eigenvalue weighted by Gasteiger charge is -2.21. The van der Waals surface area contributed by atoms with Gasteiger partial charge in [0.2, 0.25) is 0 Å². The molecular weight excluding hydrogens is 252 g/mol. The fourth-order valence-corrected chi connectivity index (χ4v) is 2.43. The third kappa shape index (κ3) is 2.55. The molecule has 0 aliphatic carbocycles. The number of carboxylic acid groups (broad SMARTS) is 1. The van der Waals surface area contributed by atoms with Gasteiger partial charge in [-0.3, -0.25) is 0 Å². The van der Waals surface area contributed by atoms with Crippen LogP contribution in [0.4, 0.5) is 0 Å².